The van der Waals surface area contributed by atoms with Crippen molar-refractivity contribution in [2.45, 2.75) is 19.3 Å². The van der Waals surface area contributed by atoms with Gasteiger partial charge in [-0.2, -0.15) is 5.10 Å². The first-order valence-corrected chi connectivity index (χ1v) is 8.58. The largest absolute Gasteiger partial charge is 0.322 e. The molecule has 4 rings (SSSR count). The number of benzene rings is 1. The molecule has 2 aromatic heterocycles. The molecule has 1 amide bonds. The van der Waals surface area contributed by atoms with Gasteiger partial charge < -0.3 is 5.32 Å². The van der Waals surface area contributed by atoms with E-state index in [1.54, 1.807) is 4.52 Å². The van der Waals surface area contributed by atoms with E-state index in [2.05, 4.69) is 44.6 Å². The van der Waals surface area contributed by atoms with Crippen LogP contribution in [0.2, 0.25) is 0 Å². The van der Waals surface area contributed by atoms with Crippen LogP contribution in [0.25, 0.3) is 5.65 Å². The van der Waals surface area contributed by atoms with Crippen LogP contribution in [0.3, 0.4) is 0 Å². The van der Waals surface area contributed by atoms with Crippen LogP contribution in [-0.2, 0) is 4.79 Å². The number of rotatable bonds is 4. The summed E-state index contributed by atoms with van der Waals surface area (Å²) in [6.07, 6.45) is 2.92. The maximum Gasteiger partial charge on any atom is 0.238 e. The highest BCUT2D eigenvalue weighted by molar-refractivity contribution is 5.95. The molecular formula is C19H21N5O. The van der Waals surface area contributed by atoms with E-state index in [1.807, 2.05) is 31.3 Å². The summed E-state index contributed by atoms with van der Waals surface area (Å²) in [5.41, 5.74) is 2.73. The summed E-state index contributed by atoms with van der Waals surface area (Å²) in [6, 6.07) is 14.2. The second-order valence-corrected chi connectivity index (χ2v) is 6.53. The van der Waals surface area contributed by atoms with Gasteiger partial charge in [0.05, 0.1) is 12.2 Å². The van der Waals surface area contributed by atoms with Crippen LogP contribution in [0.1, 0.15) is 23.7 Å². The normalized spacial score (nSPS) is 17.9. The Morgan fingerprint density at radius 2 is 2.08 bits per heavy atom. The number of aryl methyl sites for hydroxylation is 1. The van der Waals surface area contributed by atoms with Crippen molar-refractivity contribution in [3.05, 3.63) is 60.0 Å². The molecule has 1 N–H and O–H groups in total. The SMILES string of the molecule is Cc1nc2c(NC(=O)CN3CCC(c4ccccc4)C3)cccn2n1. The molecule has 1 unspecified atom stereocenters. The first-order valence-electron chi connectivity index (χ1n) is 8.58. The lowest BCUT2D eigenvalue weighted by molar-refractivity contribution is -0.117. The molecular weight excluding hydrogens is 314 g/mol. The predicted molar refractivity (Wildman–Crippen MR) is 96.6 cm³/mol. The summed E-state index contributed by atoms with van der Waals surface area (Å²) in [7, 11) is 0. The number of nitrogens with one attached hydrogen (secondary N) is 1. The zero-order valence-electron chi connectivity index (χ0n) is 14.2. The molecule has 3 heterocycles. The van der Waals surface area contributed by atoms with Gasteiger partial charge in [0.1, 0.15) is 5.82 Å². The van der Waals surface area contributed by atoms with Crippen LogP contribution in [0.5, 0.6) is 0 Å². The first kappa shape index (κ1) is 15.8. The van der Waals surface area contributed by atoms with E-state index in [4.69, 9.17) is 0 Å². The Hall–Kier alpha value is -2.73. The molecule has 0 radical (unpaired) electrons. The zero-order chi connectivity index (χ0) is 17.2. The van der Waals surface area contributed by atoms with E-state index in [1.165, 1.54) is 5.56 Å². The van der Waals surface area contributed by atoms with Gasteiger partial charge in [-0.25, -0.2) is 9.50 Å². The van der Waals surface area contributed by atoms with E-state index in [0.29, 0.717) is 29.6 Å². The van der Waals surface area contributed by atoms with Gasteiger partial charge >= 0.3 is 0 Å². The van der Waals surface area contributed by atoms with E-state index in [9.17, 15) is 4.79 Å². The van der Waals surface area contributed by atoms with Gasteiger partial charge in [-0.05, 0) is 43.5 Å². The number of carbonyl (C=O) groups excluding carboxylic acids is 1. The van der Waals surface area contributed by atoms with Crippen molar-refractivity contribution in [2.24, 2.45) is 0 Å². The fourth-order valence-electron chi connectivity index (χ4n) is 3.48. The second kappa shape index (κ2) is 6.64. The third-order valence-electron chi connectivity index (χ3n) is 4.65. The van der Waals surface area contributed by atoms with Crippen LogP contribution < -0.4 is 5.32 Å². The monoisotopic (exact) mass is 335 g/mol. The van der Waals surface area contributed by atoms with Crippen molar-refractivity contribution in [2.75, 3.05) is 25.0 Å². The minimum atomic E-state index is -0.0116. The number of amides is 1. The van der Waals surface area contributed by atoms with Crippen molar-refractivity contribution in [1.29, 1.82) is 0 Å². The van der Waals surface area contributed by atoms with Gasteiger partial charge in [-0.3, -0.25) is 9.69 Å². The predicted octanol–water partition coefficient (Wildman–Crippen LogP) is 2.47. The number of hydrogen-bond donors (Lipinski definition) is 1. The molecule has 0 spiro atoms. The quantitative estimate of drug-likeness (QED) is 0.795. The molecule has 1 fully saturated rings. The Balaban J connectivity index is 1.39. The molecule has 1 aromatic carbocycles. The van der Waals surface area contributed by atoms with E-state index in [-0.39, 0.29) is 5.91 Å². The molecule has 25 heavy (non-hydrogen) atoms. The molecule has 1 saturated heterocycles. The molecule has 6 heteroatoms. The first-order chi connectivity index (χ1) is 12.2. The highest BCUT2D eigenvalue weighted by atomic mass is 16.2. The summed E-state index contributed by atoms with van der Waals surface area (Å²) in [5, 5.41) is 7.25. The van der Waals surface area contributed by atoms with Crippen LogP contribution in [-0.4, -0.2) is 45.0 Å². The lowest BCUT2D eigenvalue weighted by Gasteiger charge is -2.16. The molecule has 1 aliphatic rings. The third kappa shape index (κ3) is 3.39. The summed E-state index contributed by atoms with van der Waals surface area (Å²) in [5.74, 6) is 1.19. The van der Waals surface area contributed by atoms with Gasteiger partial charge in [0.25, 0.3) is 0 Å². The number of likely N-dealkylation sites (tertiary alicyclic amines) is 1. The standard InChI is InChI=1S/C19H21N5O/c1-14-20-19-17(8-5-10-24(19)22-14)21-18(25)13-23-11-9-16(12-23)15-6-3-2-4-7-15/h2-8,10,16H,9,11-13H2,1H3,(H,21,25). The second-order valence-electron chi connectivity index (χ2n) is 6.53. The maximum atomic E-state index is 12.5. The number of anilines is 1. The van der Waals surface area contributed by atoms with Crippen molar-refractivity contribution >= 4 is 17.2 Å². The lowest BCUT2D eigenvalue weighted by Crippen LogP contribution is -2.31. The summed E-state index contributed by atoms with van der Waals surface area (Å²) < 4.78 is 1.69. The summed E-state index contributed by atoms with van der Waals surface area (Å²) in [6.45, 7) is 4.11. The van der Waals surface area contributed by atoms with Crippen LogP contribution in [0.15, 0.2) is 48.7 Å². The third-order valence-corrected chi connectivity index (χ3v) is 4.65. The number of fused-ring (bicyclic) bond motifs is 1. The minimum absolute atomic E-state index is 0.0116. The molecule has 0 saturated carbocycles. The van der Waals surface area contributed by atoms with Crippen molar-refractivity contribution in [3.63, 3.8) is 0 Å². The average Bonchev–Trinajstić information content (AvgIpc) is 3.22. The van der Waals surface area contributed by atoms with E-state index in [0.717, 1.165) is 19.5 Å². The van der Waals surface area contributed by atoms with Crippen LogP contribution in [0, 0.1) is 6.92 Å². The zero-order valence-corrected chi connectivity index (χ0v) is 14.2. The number of aromatic nitrogens is 3. The highest BCUT2D eigenvalue weighted by Gasteiger charge is 2.25. The number of nitrogens with zero attached hydrogens (tertiary/aromatic N) is 4. The van der Waals surface area contributed by atoms with Crippen LogP contribution >= 0.6 is 0 Å². The number of carbonyl (C=O) groups is 1. The minimum Gasteiger partial charge on any atom is -0.322 e. The van der Waals surface area contributed by atoms with Crippen molar-refractivity contribution < 1.29 is 4.79 Å². The molecule has 128 valence electrons. The number of hydrogen-bond acceptors (Lipinski definition) is 4. The molecule has 0 aliphatic carbocycles. The number of pyridine rings is 1. The molecule has 6 nitrogen and oxygen atoms in total. The lowest BCUT2D eigenvalue weighted by atomic mass is 9.99. The Labute approximate surface area is 146 Å². The summed E-state index contributed by atoms with van der Waals surface area (Å²) >= 11 is 0. The molecule has 3 aromatic rings. The Morgan fingerprint density at radius 1 is 1.24 bits per heavy atom. The fraction of sp³-hybridized carbons (Fsp3) is 0.316. The van der Waals surface area contributed by atoms with Crippen molar-refractivity contribution in [3.8, 4) is 0 Å². The molecule has 0 bridgehead atoms. The topological polar surface area (TPSA) is 62.5 Å². The summed E-state index contributed by atoms with van der Waals surface area (Å²) in [4.78, 5) is 19.0. The fourth-order valence-corrected chi connectivity index (χ4v) is 3.48. The van der Waals surface area contributed by atoms with Gasteiger partial charge in [0, 0.05) is 12.7 Å². The Bertz CT molecular complexity index is 889. The smallest absolute Gasteiger partial charge is 0.238 e. The van der Waals surface area contributed by atoms with Crippen LogP contribution in [0.4, 0.5) is 5.69 Å². The van der Waals surface area contributed by atoms with E-state index < -0.39 is 0 Å². The molecule has 1 aliphatic heterocycles. The van der Waals surface area contributed by atoms with Gasteiger partial charge in [-0.1, -0.05) is 30.3 Å². The average molecular weight is 335 g/mol. The Morgan fingerprint density at radius 3 is 2.92 bits per heavy atom. The highest BCUT2D eigenvalue weighted by Crippen LogP contribution is 2.26. The van der Waals surface area contributed by atoms with E-state index >= 15 is 0 Å². The van der Waals surface area contributed by atoms with Gasteiger partial charge in [-0.15, -0.1) is 0 Å². The maximum absolute atomic E-state index is 12.5. The Kier molecular flexibility index (Phi) is 4.19. The van der Waals surface area contributed by atoms with Gasteiger partial charge in [0.15, 0.2) is 5.65 Å². The molecule has 1 atom stereocenters. The van der Waals surface area contributed by atoms with Gasteiger partial charge in [0.2, 0.25) is 5.91 Å². The van der Waals surface area contributed by atoms with Crippen molar-refractivity contribution in [1.82, 2.24) is 19.5 Å².